The Morgan fingerprint density at radius 1 is 1.00 bits per heavy atom. The highest BCUT2D eigenvalue weighted by Gasteiger charge is 2.13. The smallest absolute Gasteiger partial charge is 0.368 e. The molecule has 7 nitrogen and oxygen atoms in total. The van der Waals surface area contributed by atoms with Gasteiger partial charge in [0.05, 0.1) is 5.69 Å². The fourth-order valence-corrected chi connectivity index (χ4v) is 2.99. The third-order valence-corrected chi connectivity index (χ3v) is 4.55. The number of tetrazole rings is 1. The highest BCUT2D eigenvalue weighted by molar-refractivity contribution is 5.63. The standard InChI is InChI=1S/C21H19N5O2/c1-15-6-3-10-20(26-21(27)25(2)23-24-26)19(15)14-28-18-9-4-7-16(12-18)17-8-5-11-22-13-17/h3-13H,14H2,1-2H3. The molecule has 0 N–H and O–H groups in total. The Bertz CT molecular complexity index is 1160. The van der Waals surface area contributed by atoms with Gasteiger partial charge in [0.15, 0.2) is 0 Å². The molecular weight excluding hydrogens is 354 g/mol. The van der Waals surface area contributed by atoms with Crippen LogP contribution in [-0.2, 0) is 13.7 Å². The average molecular weight is 373 g/mol. The fraction of sp³-hybridized carbons (Fsp3) is 0.143. The van der Waals surface area contributed by atoms with Crippen LogP contribution in [0.5, 0.6) is 5.75 Å². The zero-order valence-electron chi connectivity index (χ0n) is 15.6. The molecule has 0 aliphatic carbocycles. The van der Waals surface area contributed by atoms with E-state index in [1.807, 2.05) is 67.7 Å². The quantitative estimate of drug-likeness (QED) is 0.538. The maximum absolute atomic E-state index is 12.3. The Morgan fingerprint density at radius 2 is 1.82 bits per heavy atom. The number of hydrogen-bond acceptors (Lipinski definition) is 5. The van der Waals surface area contributed by atoms with E-state index in [1.165, 1.54) is 9.36 Å². The third kappa shape index (κ3) is 3.42. The molecular formula is C21H19N5O2. The molecule has 0 atom stereocenters. The van der Waals surface area contributed by atoms with Crippen LogP contribution in [0.4, 0.5) is 0 Å². The van der Waals surface area contributed by atoms with Crippen molar-refractivity contribution in [2.24, 2.45) is 7.05 Å². The lowest BCUT2D eigenvalue weighted by Crippen LogP contribution is -2.23. The second-order valence-corrected chi connectivity index (χ2v) is 6.43. The Labute approximate surface area is 161 Å². The lowest BCUT2D eigenvalue weighted by atomic mass is 10.1. The zero-order chi connectivity index (χ0) is 19.5. The number of aryl methyl sites for hydroxylation is 2. The first-order valence-corrected chi connectivity index (χ1v) is 8.84. The summed E-state index contributed by atoms with van der Waals surface area (Å²) in [4.78, 5) is 16.4. The van der Waals surface area contributed by atoms with E-state index in [1.54, 1.807) is 13.2 Å². The first-order chi connectivity index (χ1) is 13.6. The third-order valence-electron chi connectivity index (χ3n) is 4.55. The molecule has 28 heavy (non-hydrogen) atoms. The summed E-state index contributed by atoms with van der Waals surface area (Å²) in [7, 11) is 1.57. The maximum Gasteiger partial charge on any atom is 0.368 e. The van der Waals surface area contributed by atoms with Gasteiger partial charge in [0.25, 0.3) is 0 Å². The van der Waals surface area contributed by atoms with Crippen molar-refractivity contribution in [3.05, 3.63) is 88.6 Å². The number of rotatable bonds is 5. The summed E-state index contributed by atoms with van der Waals surface area (Å²) >= 11 is 0. The highest BCUT2D eigenvalue weighted by atomic mass is 16.5. The van der Waals surface area contributed by atoms with Gasteiger partial charge in [-0.3, -0.25) is 4.98 Å². The van der Waals surface area contributed by atoms with Gasteiger partial charge in [0.2, 0.25) is 0 Å². The lowest BCUT2D eigenvalue weighted by molar-refractivity contribution is 0.305. The van der Waals surface area contributed by atoms with Gasteiger partial charge in [-0.25, -0.2) is 4.79 Å². The van der Waals surface area contributed by atoms with Gasteiger partial charge in [-0.05, 0) is 52.7 Å². The summed E-state index contributed by atoms with van der Waals surface area (Å²) < 4.78 is 8.54. The number of benzene rings is 2. The summed E-state index contributed by atoms with van der Waals surface area (Å²) in [5, 5.41) is 7.75. The summed E-state index contributed by atoms with van der Waals surface area (Å²) in [5.74, 6) is 0.738. The molecule has 0 radical (unpaired) electrons. The predicted octanol–water partition coefficient (Wildman–Crippen LogP) is 2.92. The van der Waals surface area contributed by atoms with Crippen molar-refractivity contribution in [2.45, 2.75) is 13.5 Å². The predicted molar refractivity (Wildman–Crippen MR) is 105 cm³/mol. The van der Waals surface area contributed by atoms with E-state index in [2.05, 4.69) is 15.4 Å². The topological polar surface area (TPSA) is 74.8 Å². The molecule has 0 amide bonds. The van der Waals surface area contributed by atoms with Crippen LogP contribution >= 0.6 is 0 Å². The maximum atomic E-state index is 12.3. The summed E-state index contributed by atoms with van der Waals surface area (Å²) in [6.07, 6.45) is 3.57. The molecule has 0 spiro atoms. The van der Waals surface area contributed by atoms with Crippen molar-refractivity contribution >= 4 is 0 Å². The number of nitrogens with zero attached hydrogens (tertiary/aromatic N) is 5. The summed E-state index contributed by atoms with van der Waals surface area (Å²) in [6, 6.07) is 17.5. The van der Waals surface area contributed by atoms with Crippen molar-refractivity contribution in [2.75, 3.05) is 0 Å². The average Bonchev–Trinajstić information content (AvgIpc) is 3.06. The van der Waals surface area contributed by atoms with Gasteiger partial charge < -0.3 is 4.74 Å². The highest BCUT2D eigenvalue weighted by Crippen LogP contribution is 2.25. The SMILES string of the molecule is Cc1cccc(-n2nnn(C)c2=O)c1COc1cccc(-c2cccnc2)c1. The van der Waals surface area contributed by atoms with Gasteiger partial charge in [0, 0.05) is 30.6 Å². The van der Waals surface area contributed by atoms with Crippen LogP contribution in [0, 0.1) is 6.92 Å². The molecule has 0 saturated heterocycles. The van der Waals surface area contributed by atoms with Gasteiger partial charge in [-0.15, -0.1) is 0 Å². The number of pyridine rings is 1. The molecule has 2 aromatic carbocycles. The second-order valence-electron chi connectivity index (χ2n) is 6.43. The fourth-order valence-electron chi connectivity index (χ4n) is 2.99. The van der Waals surface area contributed by atoms with Crippen LogP contribution in [0.2, 0.25) is 0 Å². The van der Waals surface area contributed by atoms with E-state index in [0.29, 0.717) is 12.3 Å². The molecule has 0 fully saturated rings. The molecule has 0 unspecified atom stereocenters. The van der Waals surface area contributed by atoms with Crippen LogP contribution < -0.4 is 10.4 Å². The molecule has 7 heteroatoms. The first-order valence-electron chi connectivity index (χ1n) is 8.84. The van der Waals surface area contributed by atoms with E-state index in [4.69, 9.17) is 4.74 Å². The van der Waals surface area contributed by atoms with Crippen LogP contribution in [0.25, 0.3) is 16.8 Å². The second kappa shape index (κ2) is 7.48. The van der Waals surface area contributed by atoms with Crippen molar-refractivity contribution in [1.29, 1.82) is 0 Å². The van der Waals surface area contributed by atoms with E-state index in [0.717, 1.165) is 28.0 Å². The van der Waals surface area contributed by atoms with Gasteiger partial charge in [-0.1, -0.05) is 30.3 Å². The number of hydrogen-bond donors (Lipinski definition) is 0. The van der Waals surface area contributed by atoms with Crippen molar-refractivity contribution in [1.82, 2.24) is 24.8 Å². The zero-order valence-corrected chi connectivity index (χ0v) is 15.6. The molecule has 2 heterocycles. The van der Waals surface area contributed by atoms with Crippen LogP contribution in [-0.4, -0.2) is 24.8 Å². The largest absolute Gasteiger partial charge is 0.489 e. The van der Waals surface area contributed by atoms with E-state index < -0.39 is 0 Å². The minimum atomic E-state index is -0.301. The van der Waals surface area contributed by atoms with Crippen molar-refractivity contribution < 1.29 is 4.74 Å². The van der Waals surface area contributed by atoms with Crippen LogP contribution in [0.3, 0.4) is 0 Å². The Kier molecular flexibility index (Phi) is 4.72. The molecule has 0 aliphatic heterocycles. The van der Waals surface area contributed by atoms with E-state index >= 15 is 0 Å². The monoisotopic (exact) mass is 373 g/mol. The molecule has 0 saturated carbocycles. The molecule has 2 aromatic heterocycles. The lowest BCUT2D eigenvalue weighted by Gasteiger charge is -2.13. The van der Waals surface area contributed by atoms with Crippen LogP contribution in [0.1, 0.15) is 11.1 Å². The van der Waals surface area contributed by atoms with Crippen molar-refractivity contribution in [3.8, 4) is 22.6 Å². The normalized spacial score (nSPS) is 10.8. The first kappa shape index (κ1) is 17.7. The molecule has 4 aromatic rings. The Balaban J connectivity index is 1.63. The minimum Gasteiger partial charge on any atom is -0.489 e. The Morgan fingerprint density at radius 3 is 2.57 bits per heavy atom. The van der Waals surface area contributed by atoms with E-state index in [9.17, 15) is 4.79 Å². The number of ether oxygens (including phenoxy) is 1. The summed E-state index contributed by atoms with van der Waals surface area (Å²) in [5.41, 5.74) is 4.32. The molecule has 0 bridgehead atoms. The van der Waals surface area contributed by atoms with Gasteiger partial charge in [0.1, 0.15) is 12.4 Å². The van der Waals surface area contributed by atoms with Crippen LogP contribution in [0.15, 0.2) is 71.8 Å². The van der Waals surface area contributed by atoms with Gasteiger partial charge in [-0.2, -0.15) is 9.36 Å². The molecule has 4 rings (SSSR count). The molecule has 140 valence electrons. The molecule has 0 aliphatic rings. The van der Waals surface area contributed by atoms with Gasteiger partial charge >= 0.3 is 5.69 Å². The Hall–Kier alpha value is -3.74. The minimum absolute atomic E-state index is 0.301. The van der Waals surface area contributed by atoms with Crippen molar-refractivity contribution in [3.63, 3.8) is 0 Å². The van der Waals surface area contributed by atoms with E-state index in [-0.39, 0.29) is 5.69 Å². The number of aromatic nitrogens is 5. The summed E-state index contributed by atoms with van der Waals surface area (Å²) in [6.45, 7) is 2.29.